The van der Waals surface area contributed by atoms with Crippen LogP contribution in [0.2, 0.25) is 0 Å². The molecule has 4 nitrogen and oxygen atoms in total. The smallest absolute Gasteiger partial charge is 0.230 e. The number of carbonyl (C=O) groups is 2. The van der Waals surface area contributed by atoms with Gasteiger partial charge in [-0.3, -0.25) is 9.59 Å². The van der Waals surface area contributed by atoms with Crippen molar-refractivity contribution in [2.24, 2.45) is 11.8 Å². The van der Waals surface area contributed by atoms with E-state index >= 15 is 0 Å². The van der Waals surface area contributed by atoms with Gasteiger partial charge in [0.1, 0.15) is 5.82 Å². The van der Waals surface area contributed by atoms with Crippen LogP contribution in [0.25, 0.3) is 0 Å². The Hall–Kier alpha value is -2.69. The molecule has 5 heteroatoms. The van der Waals surface area contributed by atoms with Crippen molar-refractivity contribution in [1.82, 2.24) is 5.32 Å². The monoisotopic (exact) mass is 382 g/mol. The molecule has 2 aromatic rings. The van der Waals surface area contributed by atoms with Gasteiger partial charge < -0.3 is 10.2 Å². The van der Waals surface area contributed by atoms with Gasteiger partial charge in [0, 0.05) is 30.6 Å². The first-order valence-corrected chi connectivity index (χ1v) is 9.97. The van der Waals surface area contributed by atoms with E-state index in [-0.39, 0.29) is 29.5 Å². The topological polar surface area (TPSA) is 49.4 Å². The summed E-state index contributed by atoms with van der Waals surface area (Å²) in [6.07, 6.45) is 2.91. The van der Waals surface area contributed by atoms with E-state index in [0.29, 0.717) is 13.1 Å². The van der Waals surface area contributed by atoms with E-state index in [9.17, 15) is 14.0 Å². The van der Waals surface area contributed by atoms with Gasteiger partial charge in [0.2, 0.25) is 11.8 Å². The fourth-order valence-electron chi connectivity index (χ4n) is 3.83. The maximum Gasteiger partial charge on any atom is 0.230 e. The van der Waals surface area contributed by atoms with E-state index in [4.69, 9.17) is 0 Å². The number of nitrogens with one attached hydrogen (secondary N) is 1. The molecule has 2 aromatic carbocycles. The van der Waals surface area contributed by atoms with Gasteiger partial charge in [-0.1, -0.05) is 30.3 Å². The lowest BCUT2D eigenvalue weighted by atomic mass is 9.80. The highest BCUT2D eigenvalue weighted by molar-refractivity contribution is 5.95. The summed E-state index contributed by atoms with van der Waals surface area (Å²) in [6, 6.07) is 15.9. The molecule has 1 saturated carbocycles. The van der Waals surface area contributed by atoms with Gasteiger partial charge in [0.15, 0.2) is 0 Å². The number of rotatable bonds is 6. The normalized spacial score (nSPS) is 19.1. The largest absolute Gasteiger partial charge is 0.352 e. The predicted molar refractivity (Wildman–Crippen MR) is 108 cm³/mol. The summed E-state index contributed by atoms with van der Waals surface area (Å²) in [5.41, 5.74) is 1.80. The standard InChI is InChI=1S/C23H27FN2O2/c1-2-26(21-6-4-3-5-7-21)23(28)19-12-10-18(11-13-19)22(27)25-16-17-8-14-20(24)15-9-17/h3-9,14-15,18-19H,2,10-13,16H2,1H3,(H,25,27). The van der Waals surface area contributed by atoms with E-state index in [2.05, 4.69) is 5.32 Å². The minimum atomic E-state index is -0.283. The molecule has 0 aliphatic heterocycles. The third-order valence-electron chi connectivity index (χ3n) is 5.48. The number of amides is 2. The number of hydrogen-bond donors (Lipinski definition) is 1. The zero-order chi connectivity index (χ0) is 19.9. The summed E-state index contributed by atoms with van der Waals surface area (Å²) in [4.78, 5) is 27.2. The summed E-state index contributed by atoms with van der Waals surface area (Å²) < 4.78 is 13.0. The van der Waals surface area contributed by atoms with E-state index in [1.54, 1.807) is 12.1 Å². The van der Waals surface area contributed by atoms with Crippen molar-refractivity contribution in [3.05, 3.63) is 66.0 Å². The first-order valence-electron chi connectivity index (χ1n) is 9.97. The Kier molecular flexibility index (Phi) is 6.80. The Balaban J connectivity index is 1.50. The first-order chi connectivity index (χ1) is 13.6. The van der Waals surface area contributed by atoms with E-state index < -0.39 is 0 Å². The Morgan fingerprint density at radius 2 is 1.57 bits per heavy atom. The number of hydrogen-bond acceptors (Lipinski definition) is 2. The zero-order valence-electron chi connectivity index (χ0n) is 16.2. The molecule has 0 aromatic heterocycles. The van der Waals surface area contributed by atoms with Crippen molar-refractivity contribution in [3.8, 4) is 0 Å². The predicted octanol–water partition coefficient (Wildman–Crippen LogP) is 4.30. The molecule has 0 saturated heterocycles. The number of carbonyl (C=O) groups excluding carboxylic acids is 2. The van der Waals surface area contributed by atoms with Crippen LogP contribution in [0, 0.1) is 17.7 Å². The van der Waals surface area contributed by atoms with Crippen LogP contribution >= 0.6 is 0 Å². The van der Waals surface area contributed by atoms with Crippen LogP contribution < -0.4 is 10.2 Å². The lowest BCUT2D eigenvalue weighted by Gasteiger charge is -2.31. The van der Waals surface area contributed by atoms with Crippen LogP contribution in [-0.4, -0.2) is 18.4 Å². The summed E-state index contributed by atoms with van der Waals surface area (Å²) in [6.45, 7) is 3.02. The number of nitrogens with zero attached hydrogens (tertiary/aromatic N) is 1. The Morgan fingerprint density at radius 3 is 2.18 bits per heavy atom. The maximum absolute atomic E-state index is 13.0. The number of benzene rings is 2. The van der Waals surface area contributed by atoms with Gasteiger partial charge in [-0.25, -0.2) is 4.39 Å². The molecule has 1 aliphatic rings. The molecule has 28 heavy (non-hydrogen) atoms. The van der Waals surface area contributed by atoms with Crippen molar-refractivity contribution >= 4 is 17.5 Å². The molecular formula is C23H27FN2O2. The Bertz CT molecular complexity index is 784. The fraction of sp³-hybridized carbons (Fsp3) is 0.391. The lowest BCUT2D eigenvalue weighted by molar-refractivity contribution is -0.129. The van der Waals surface area contributed by atoms with Gasteiger partial charge in [-0.2, -0.15) is 0 Å². The highest BCUT2D eigenvalue weighted by Gasteiger charge is 2.32. The van der Waals surface area contributed by atoms with Crippen molar-refractivity contribution in [2.45, 2.75) is 39.2 Å². The second-order valence-corrected chi connectivity index (χ2v) is 7.31. The van der Waals surface area contributed by atoms with E-state index in [1.165, 1.54) is 12.1 Å². The molecule has 0 heterocycles. The lowest BCUT2D eigenvalue weighted by Crippen LogP contribution is -2.39. The van der Waals surface area contributed by atoms with Crippen LogP contribution in [0.15, 0.2) is 54.6 Å². The molecule has 0 radical (unpaired) electrons. The molecule has 0 unspecified atom stereocenters. The Morgan fingerprint density at radius 1 is 0.964 bits per heavy atom. The van der Waals surface area contributed by atoms with Gasteiger partial charge in [-0.15, -0.1) is 0 Å². The van der Waals surface area contributed by atoms with Crippen LogP contribution in [-0.2, 0) is 16.1 Å². The molecule has 0 bridgehead atoms. The quantitative estimate of drug-likeness (QED) is 0.810. The molecule has 1 N–H and O–H groups in total. The van der Waals surface area contributed by atoms with Crippen LogP contribution in [0.5, 0.6) is 0 Å². The summed E-state index contributed by atoms with van der Waals surface area (Å²) in [5, 5.41) is 2.94. The third kappa shape index (κ3) is 4.97. The van der Waals surface area contributed by atoms with Crippen molar-refractivity contribution in [2.75, 3.05) is 11.4 Å². The molecule has 2 amide bonds. The second-order valence-electron chi connectivity index (χ2n) is 7.31. The van der Waals surface area contributed by atoms with Crippen molar-refractivity contribution < 1.29 is 14.0 Å². The number of para-hydroxylation sites is 1. The molecular weight excluding hydrogens is 355 g/mol. The molecule has 1 fully saturated rings. The molecule has 1 aliphatic carbocycles. The zero-order valence-corrected chi connectivity index (χ0v) is 16.2. The third-order valence-corrected chi connectivity index (χ3v) is 5.48. The van der Waals surface area contributed by atoms with E-state index in [0.717, 1.165) is 36.9 Å². The van der Waals surface area contributed by atoms with Gasteiger partial charge in [0.05, 0.1) is 0 Å². The molecule has 0 spiro atoms. The van der Waals surface area contributed by atoms with Crippen LogP contribution in [0.3, 0.4) is 0 Å². The summed E-state index contributed by atoms with van der Waals surface area (Å²) >= 11 is 0. The van der Waals surface area contributed by atoms with Gasteiger partial charge >= 0.3 is 0 Å². The average molecular weight is 382 g/mol. The summed E-state index contributed by atoms with van der Waals surface area (Å²) in [5.74, 6) is -0.197. The summed E-state index contributed by atoms with van der Waals surface area (Å²) in [7, 11) is 0. The average Bonchev–Trinajstić information content (AvgIpc) is 2.74. The second kappa shape index (κ2) is 9.49. The van der Waals surface area contributed by atoms with Crippen molar-refractivity contribution in [1.29, 1.82) is 0 Å². The fourth-order valence-corrected chi connectivity index (χ4v) is 3.83. The number of anilines is 1. The number of halogens is 1. The minimum Gasteiger partial charge on any atom is -0.352 e. The highest BCUT2D eigenvalue weighted by Crippen LogP contribution is 2.31. The highest BCUT2D eigenvalue weighted by atomic mass is 19.1. The molecule has 0 atom stereocenters. The van der Waals surface area contributed by atoms with Gasteiger partial charge in [-0.05, 0) is 62.4 Å². The van der Waals surface area contributed by atoms with Gasteiger partial charge in [0.25, 0.3) is 0 Å². The minimum absolute atomic E-state index is 0.0191. The SMILES string of the molecule is CCN(C(=O)C1CCC(C(=O)NCc2ccc(F)cc2)CC1)c1ccccc1. The molecule has 148 valence electrons. The first kappa shape index (κ1) is 20.1. The Labute approximate surface area is 165 Å². The van der Waals surface area contributed by atoms with E-state index in [1.807, 2.05) is 42.2 Å². The van der Waals surface area contributed by atoms with Crippen LogP contribution in [0.1, 0.15) is 38.2 Å². The van der Waals surface area contributed by atoms with Crippen molar-refractivity contribution in [3.63, 3.8) is 0 Å². The maximum atomic E-state index is 13.0. The van der Waals surface area contributed by atoms with Crippen LogP contribution in [0.4, 0.5) is 10.1 Å². The molecule has 3 rings (SSSR count).